The zero-order valence-corrected chi connectivity index (χ0v) is 16.4. The van der Waals surface area contributed by atoms with Crippen LogP contribution in [-0.2, 0) is 32.6 Å². The van der Waals surface area contributed by atoms with Gasteiger partial charge in [0.25, 0.3) is 0 Å². The summed E-state index contributed by atoms with van der Waals surface area (Å²) in [6.07, 6.45) is 0. The number of hydrogen-bond acceptors (Lipinski definition) is 6. The minimum Gasteiger partial charge on any atom is -0.377 e. The molecule has 0 atom stereocenters. The molecule has 0 heterocycles. The number of benzene rings is 1. The van der Waals surface area contributed by atoms with Crippen molar-refractivity contribution in [1.29, 1.82) is 0 Å². The highest BCUT2D eigenvalue weighted by molar-refractivity contribution is 6.75. The monoisotopic (exact) mass is 346 g/mol. The summed E-state index contributed by atoms with van der Waals surface area (Å²) < 4.78 is 33.0. The lowest BCUT2D eigenvalue weighted by Gasteiger charge is -2.27. The molecule has 0 N–H and O–H groups in total. The van der Waals surface area contributed by atoms with Gasteiger partial charge in [0.15, 0.2) is 0 Å². The van der Waals surface area contributed by atoms with Crippen molar-refractivity contribution in [3.8, 4) is 0 Å². The molecule has 0 radical (unpaired) electrons. The molecule has 1 aromatic rings. The standard InChI is InChI=1S/C14H26O6Si2/c1-12-10-13(11-21(15-2,16-3)17-4)8-9-14(12)22(18-5,19-6)20-7/h8-10H,11H2,1-7H3. The lowest BCUT2D eigenvalue weighted by molar-refractivity contribution is 0.122. The Bertz CT molecular complexity index is 458. The zero-order valence-electron chi connectivity index (χ0n) is 14.4. The Balaban J connectivity index is 3.14. The molecule has 0 saturated carbocycles. The molecule has 6 nitrogen and oxygen atoms in total. The predicted molar refractivity (Wildman–Crippen MR) is 88.1 cm³/mol. The molecule has 0 amide bonds. The fourth-order valence-corrected chi connectivity index (χ4v) is 6.13. The van der Waals surface area contributed by atoms with Gasteiger partial charge in [-0.1, -0.05) is 18.2 Å². The van der Waals surface area contributed by atoms with Crippen LogP contribution in [0.4, 0.5) is 0 Å². The van der Waals surface area contributed by atoms with E-state index in [1.165, 1.54) is 0 Å². The summed E-state index contributed by atoms with van der Waals surface area (Å²) in [5.41, 5.74) is 2.12. The summed E-state index contributed by atoms with van der Waals surface area (Å²) in [6.45, 7) is 2.01. The molecule has 1 rings (SSSR count). The number of rotatable bonds is 9. The van der Waals surface area contributed by atoms with Crippen LogP contribution < -0.4 is 5.19 Å². The number of hydrogen-bond donors (Lipinski definition) is 0. The van der Waals surface area contributed by atoms with Crippen LogP contribution in [0.3, 0.4) is 0 Å². The Morgan fingerprint density at radius 1 is 0.773 bits per heavy atom. The molecule has 0 unspecified atom stereocenters. The molecule has 8 heteroatoms. The SMILES string of the molecule is CO[Si](Cc1ccc([Si](OC)(OC)OC)c(C)c1)(OC)OC. The lowest BCUT2D eigenvalue weighted by atomic mass is 10.2. The van der Waals surface area contributed by atoms with Gasteiger partial charge >= 0.3 is 17.6 Å². The molecule has 0 spiro atoms. The second kappa shape index (κ2) is 8.32. The van der Waals surface area contributed by atoms with Crippen molar-refractivity contribution in [2.75, 3.05) is 42.7 Å². The zero-order chi connectivity index (χ0) is 16.8. The van der Waals surface area contributed by atoms with Gasteiger partial charge in [-0.2, -0.15) is 0 Å². The fourth-order valence-electron chi connectivity index (χ4n) is 2.48. The van der Waals surface area contributed by atoms with E-state index >= 15 is 0 Å². The van der Waals surface area contributed by atoms with Crippen LogP contribution in [0.25, 0.3) is 0 Å². The van der Waals surface area contributed by atoms with Gasteiger partial charge in [0.05, 0.1) is 0 Å². The molecule has 0 bridgehead atoms. The highest BCUT2D eigenvalue weighted by Crippen LogP contribution is 2.17. The van der Waals surface area contributed by atoms with E-state index in [-0.39, 0.29) is 0 Å². The first-order valence-electron chi connectivity index (χ1n) is 6.87. The first-order valence-corrected chi connectivity index (χ1v) is 10.5. The largest absolute Gasteiger partial charge is 0.536 e. The van der Waals surface area contributed by atoms with Crippen LogP contribution in [0, 0.1) is 6.92 Å². The average Bonchev–Trinajstić information content (AvgIpc) is 2.56. The van der Waals surface area contributed by atoms with E-state index in [9.17, 15) is 0 Å². The van der Waals surface area contributed by atoms with Crippen molar-refractivity contribution >= 4 is 22.8 Å². The van der Waals surface area contributed by atoms with Gasteiger partial charge in [-0.3, -0.25) is 0 Å². The fraction of sp³-hybridized carbons (Fsp3) is 0.571. The van der Waals surface area contributed by atoms with E-state index < -0.39 is 17.6 Å². The van der Waals surface area contributed by atoms with E-state index in [4.69, 9.17) is 26.6 Å². The highest BCUT2D eigenvalue weighted by Gasteiger charge is 2.43. The Morgan fingerprint density at radius 3 is 1.64 bits per heavy atom. The third kappa shape index (κ3) is 3.84. The van der Waals surface area contributed by atoms with Gasteiger partial charge in [-0.15, -0.1) is 0 Å². The molecule has 0 fully saturated rings. The van der Waals surface area contributed by atoms with Crippen molar-refractivity contribution in [1.82, 2.24) is 0 Å². The maximum absolute atomic E-state index is 5.54. The Labute approximate surface area is 135 Å². The van der Waals surface area contributed by atoms with E-state index in [1.54, 1.807) is 42.7 Å². The molecule has 0 aliphatic rings. The van der Waals surface area contributed by atoms with Gasteiger partial charge in [0.2, 0.25) is 0 Å². The number of aryl methyl sites for hydroxylation is 1. The second-order valence-corrected chi connectivity index (χ2v) is 10.6. The highest BCUT2D eigenvalue weighted by atomic mass is 28.4. The van der Waals surface area contributed by atoms with Gasteiger partial charge in [0.1, 0.15) is 0 Å². The first-order chi connectivity index (χ1) is 10.5. The quantitative estimate of drug-likeness (QED) is 0.623. The summed E-state index contributed by atoms with van der Waals surface area (Å²) in [6, 6.07) is 6.64. The predicted octanol–water partition coefficient (Wildman–Crippen LogP) is 1.04. The minimum atomic E-state index is -2.83. The van der Waals surface area contributed by atoms with Crippen molar-refractivity contribution in [3.05, 3.63) is 29.3 Å². The molecule has 0 aromatic heterocycles. The van der Waals surface area contributed by atoms with E-state index in [1.807, 2.05) is 19.1 Å². The third-order valence-corrected chi connectivity index (χ3v) is 9.32. The molecule has 0 saturated heterocycles. The summed E-state index contributed by atoms with van der Waals surface area (Å²) in [7, 11) is 4.16. The van der Waals surface area contributed by atoms with E-state index in [2.05, 4.69) is 6.07 Å². The van der Waals surface area contributed by atoms with Crippen molar-refractivity contribution in [2.24, 2.45) is 0 Å². The van der Waals surface area contributed by atoms with Crippen LogP contribution in [0.1, 0.15) is 11.1 Å². The summed E-state index contributed by atoms with van der Waals surface area (Å²) in [5.74, 6) is 0. The van der Waals surface area contributed by atoms with Gasteiger partial charge in [-0.25, -0.2) is 0 Å². The topological polar surface area (TPSA) is 55.4 Å². The first kappa shape index (κ1) is 19.5. The van der Waals surface area contributed by atoms with Crippen molar-refractivity contribution in [3.63, 3.8) is 0 Å². The second-order valence-electron chi connectivity index (χ2n) is 4.79. The summed E-state index contributed by atoms with van der Waals surface area (Å²) in [5, 5.41) is 0.947. The van der Waals surface area contributed by atoms with Crippen LogP contribution in [0.15, 0.2) is 18.2 Å². The van der Waals surface area contributed by atoms with Crippen LogP contribution in [-0.4, -0.2) is 60.3 Å². The van der Waals surface area contributed by atoms with Crippen molar-refractivity contribution < 1.29 is 26.6 Å². The maximum Gasteiger partial charge on any atom is 0.536 e. The molecular weight excluding hydrogens is 320 g/mol. The smallest absolute Gasteiger partial charge is 0.377 e. The van der Waals surface area contributed by atoms with Gasteiger partial charge in [0, 0.05) is 53.9 Å². The van der Waals surface area contributed by atoms with E-state index in [0.29, 0.717) is 6.04 Å². The molecule has 0 aliphatic heterocycles. The molecule has 22 heavy (non-hydrogen) atoms. The lowest BCUT2D eigenvalue weighted by Crippen LogP contribution is -2.55. The maximum atomic E-state index is 5.54. The van der Waals surface area contributed by atoms with Crippen LogP contribution in [0.2, 0.25) is 0 Å². The average molecular weight is 347 g/mol. The summed E-state index contributed by atoms with van der Waals surface area (Å²) >= 11 is 0. The van der Waals surface area contributed by atoms with Crippen LogP contribution in [0.5, 0.6) is 0 Å². The van der Waals surface area contributed by atoms with Gasteiger partial charge in [-0.05, 0) is 18.1 Å². The molecule has 1 aromatic carbocycles. The Hall–Kier alpha value is -0.586. The van der Waals surface area contributed by atoms with Crippen LogP contribution >= 0.6 is 0 Å². The Morgan fingerprint density at radius 2 is 1.27 bits per heavy atom. The third-order valence-electron chi connectivity index (χ3n) is 3.78. The molecule has 126 valence electrons. The normalized spacial score (nSPS) is 12.7. The van der Waals surface area contributed by atoms with Gasteiger partial charge < -0.3 is 26.6 Å². The minimum absolute atomic E-state index is 0.596. The summed E-state index contributed by atoms with van der Waals surface area (Å²) in [4.78, 5) is 0. The van der Waals surface area contributed by atoms with Crippen molar-refractivity contribution in [2.45, 2.75) is 13.0 Å². The van der Waals surface area contributed by atoms with E-state index in [0.717, 1.165) is 16.3 Å². The Kier molecular flexibility index (Phi) is 7.36. The molecule has 0 aliphatic carbocycles. The molecular formula is C14H26O6Si2.